The maximum absolute atomic E-state index is 11.5. The van der Waals surface area contributed by atoms with Crippen LogP contribution in [0.5, 0.6) is 0 Å². The number of methoxy groups -OCH3 is 2. The van der Waals surface area contributed by atoms with Crippen molar-refractivity contribution in [3.8, 4) is 0 Å². The molecule has 1 aliphatic heterocycles. The summed E-state index contributed by atoms with van der Waals surface area (Å²) in [6.45, 7) is 0. The van der Waals surface area contributed by atoms with E-state index in [4.69, 9.17) is 26.8 Å². The number of nitrogens with two attached hydrogens (primary N) is 1. The third kappa shape index (κ3) is 2.56. The summed E-state index contributed by atoms with van der Waals surface area (Å²) in [5, 5.41) is 11.6. The van der Waals surface area contributed by atoms with Crippen LogP contribution in [0, 0.1) is 11.8 Å². The van der Waals surface area contributed by atoms with Crippen LogP contribution in [-0.4, -0.2) is 54.4 Å². The molecule has 6 heteroatoms. The Kier molecular flexibility index (Phi) is 4.70. The van der Waals surface area contributed by atoms with Gasteiger partial charge in [0.15, 0.2) is 0 Å². The predicted molar refractivity (Wildman–Crippen MR) is 86.3 cm³/mol. The van der Waals surface area contributed by atoms with Crippen LogP contribution >= 0.6 is 11.6 Å². The predicted octanol–water partition coefficient (Wildman–Crippen LogP) is 1.69. The molecular weight excluding hydrogens is 304 g/mol. The maximum Gasteiger partial charge on any atom is 0.131 e. The van der Waals surface area contributed by atoms with Crippen molar-refractivity contribution in [2.75, 3.05) is 14.2 Å². The first-order chi connectivity index (χ1) is 10.5. The fourth-order valence-electron chi connectivity index (χ4n) is 4.74. The van der Waals surface area contributed by atoms with Crippen molar-refractivity contribution in [2.45, 2.75) is 67.8 Å². The minimum Gasteiger partial charge on any atom is -0.385 e. The molecule has 126 valence electrons. The van der Waals surface area contributed by atoms with Crippen LogP contribution in [0.2, 0.25) is 0 Å². The monoisotopic (exact) mass is 330 g/mol. The number of ether oxygens (including phenoxy) is 2. The van der Waals surface area contributed by atoms with Crippen LogP contribution < -0.4 is 5.73 Å². The van der Waals surface area contributed by atoms with Gasteiger partial charge < -0.3 is 20.3 Å². The molecule has 0 bridgehead atoms. The summed E-state index contributed by atoms with van der Waals surface area (Å²) in [5.74, 6) is 0.367. The third-order valence-electron chi connectivity index (χ3n) is 5.98. The first-order valence-corrected chi connectivity index (χ1v) is 8.70. The fraction of sp³-hybridized carbons (Fsp3) is 0.938. The maximum atomic E-state index is 11.5. The van der Waals surface area contributed by atoms with Crippen molar-refractivity contribution in [1.82, 2.24) is 0 Å². The van der Waals surface area contributed by atoms with E-state index in [9.17, 15) is 5.11 Å². The zero-order valence-electron chi connectivity index (χ0n) is 13.4. The molecule has 7 atom stereocenters. The van der Waals surface area contributed by atoms with Crippen molar-refractivity contribution in [2.24, 2.45) is 22.6 Å². The first-order valence-electron chi connectivity index (χ1n) is 8.26. The number of hydrogen-bond donors (Lipinski definition) is 2. The largest absolute Gasteiger partial charge is 0.385 e. The quantitative estimate of drug-likeness (QED) is 0.772. The van der Waals surface area contributed by atoms with E-state index < -0.39 is 5.60 Å². The second kappa shape index (κ2) is 6.27. The van der Waals surface area contributed by atoms with Crippen LogP contribution in [-0.2, 0) is 9.47 Å². The smallest absolute Gasteiger partial charge is 0.131 e. The Labute approximate surface area is 137 Å². The molecule has 0 aromatic heterocycles. The fourth-order valence-corrected chi connectivity index (χ4v) is 5.06. The van der Waals surface area contributed by atoms with E-state index in [1.165, 1.54) is 0 Å². The Hall–Kier alpha value is -0.360. The zero-order valence-corrected chi connectivity index (χ0v) is 14.1. The van der Waals surface area contributed by atoms with E-state index in [-0.39, 0.29) is 35.5 Å². The lowest BCUT2D eigenvalue weighted by atomic mass is 9.64. The summed E-state index contributed by atoms with van der Waals surface area (Å²) in [7, 11) is 3.43. The number of fused-ring (bicyclic) bond motifs is 1. The van der Waals surface area contributed by atoms with Crippen LogP contribution in [0.25, 0.3) is 0 Å². The summed E-state index contributed by atoms with van der Waals surface area (Å²) in [4.78, 5) is 4.58. The van der Waals surface area contributed by atoms with Gasteiger partial charge in [0.1, 0.15) is 11.4 Å². The highest BCUT2D eigenvalue weighted by molar-refractivity contribution is 6.20. The number of rotatable bonds is 3. The Bertz CT molecular complexity index is 447. The Morgan fingerprint density at radius 2 is 1.91 bits per heavy atom. The lowest BCUT2D eigenvalue weighted by Crippen LogP contribution is -2.59. The number of amidine groups is 1. The SMILES string of the molecule is COC1CCC(C2(O)C(N)=NC3CCC(Cl)CC32)C(OC)C1. The third-order valence-corrected chi connectivity index (χ3v) is 6.37. The van der Waals surface area contributed by atoms with Gasteiger partial charge in [-0.25, -0.2) is 0 Å². The van der Waals surface area contributed by atoms with Gasteiger partial charge in [-0.1, -0.05) is 0 Å². The van der Waals surface area contributed by atoms with E-state index in [0.29, 0.717) is 5.84 Å². The molecule has 2 fully saturated rings. The van der Waals surface area contributed by atoms with Gasteiger partial charge in [0.05, 0.1) is 18.2 Å². The summed E-state index contributed by atoms with van der Waals surface area (Å²) >= 11 is 6.36. The average Bonchev–Trinajstić information content (AvgIpc) is 2.79. The highest BCUT2D eigenvalue weighted by atomic mass is 35.5. The second-order valence-corrected chi connectivity index (χ2v) is 7.59. The highest BCUT2D eigenvalue weighted by Gasteiger charge is 2.58. The average molecular weight is 331 g/mol. The summed E-state index contributed by atoms with van der Waals surface area (Å²) < 4.78 is 11.2. The van der Waals surface area contributed by atoms with Gasteiger partial charge in [0.2, 0.25) is 0 Å². The Balaban J connectivity index is 1.86. The van der Waals surface area contributed by atoms with Crippen molar-refractivity contribution in [1.29, 1.82) is 0 Å². The molecule has 3 aliphatic rings. The molecule has 0 spiro atoms. The number of nitrogens with zero attached hydrogens (tertiary/aromatic N) is 1. The Morgan fingerprint density at radius 3 is 2.59 bits per heavy atom. The van der Waals surface area contributed by atoms with E-state index in [2.05, 4.69) is 4.99 Å². The minimum absolute atomic E-state index is 0.0190. The zero-order chi connectivity index (χ0) is 15.9. The van der Waals surface area contributed by atoms with Crippen LogP contribution in [0.3, 0.4) is 0 Å². The van der Waals surface area contributed by atoms with Gasteiger partial charge in [-0.05, 0) is 32.1 Å². The van der Waals surface area contributed by atoms with E-state index in [1.807, 2.05) is 0 Å². The van der Waals surface area contributed by atoms with Gasteiger partial charge in [-0.15, -0.1) is 11.6 Å². The molecule has 0 amide bonds. The van der Waals surface area contributed by atoms with E-state index in [1.54, 1.807) is 14.2 Å². The molecule has 0 saturated heterocycles. The summed E-state index contributed by atoms with van der Waals surface area (Å²) in [5.41, 5.74) is 5.12. The Morgan fingerprint density at radius 1 is 1.14 bits per heavy atom. The molecule has 0 radical (unpaired) electrons. The van der Waals surface area contributed by atoms with Gasteiger partial charge in [-0.2, -0.15) is 0 Å². The van der Waals surface area contributed by atoms with Gasteiger partial charge in [-0.3, -0.25) is 4.99 Å². The number of aliphatic imine (C=N–C) groups is 1. The number of alkyl halides is 1. The van der Waals surface area contributed by atoms with Crippen molar-refractivity contribution < 1.29 is 14.6 Å². The summed E-state index contributed by atoms with van der Waals surface area (Å²) in [6, 6.07) is 0.109. The molecule has 5 nitrogen and oxygen atoms in total. The van der Waals surface area contributed by atoms with Crippen LogP contribution in [0.15, 0.2) is 4.99 Å². The lowest BCUT2D eigenvalue weighted by Gasteiger charge is -2.47. The molecule has 1 heterocycles. The molecule has 7 unspecified atom stereocenters. The standard InChI is InChI=1S/C16H27ClN2O3/c1-21-10-4-5-11(14(8-10)22-2)16(20)12-7-9(17)3-6-13(12)19-15(16)18/h9-14,20H,3-8H2,1-2H3,(H2,18,19). The molecule has 3 N–H and O–H groups in total. The molecule has 0 aromatic carbocycles. The van der Waals surface area contributed by atoms with Gasteiger partial charge in [0, 0.05) is 37.9 Å². The van der Waals surface area contributed by atoms with Crippen molar-refractivity contribution in [3.63, 3.8) is 0 Å². The van der Waals surface area contributed by atoms with E-state index >= 15 is 0 Å². The van der Waals surface area contributed by atoms with Crippen molar-refractivity contribution in [3.05, 3.63) is 0 Å². The minimum atomic E-state index is -1.09. The topological polar surface area (TPSA) is 77.1 Å². The lowest BCUT2D eigenvalue weighted by molar-refractivity contribution is -0.117. The van der Waals surface area contributed by atoms with Gasteiger partial charge in [0.25, 0.3) is 0 Å². The van der Waals surface area contributed by atoms with Crippen LogP contribution in [0.4, 0.5) is 0 Å². The molecule has 22 heavy (non-hydrogen) atoms. The molecular formula is C16H27ClN2O3. The molecule has 3 rings (SSSR count). The molecule has 2 saturated carbocycles. The highest BCUT2D eigenvalue weighted by Crippen LogP contribution is 2.49. The number of halogens is 1. The normalized spacial score (nSPS) is 48.8. The second-order valence-electron chi connectivity index (χ2n) is 6.98. The van der Waals surface area contributed by atoms with Gasteiger partial charge >= 0.3 is 0 Å². The molecule has 0 aromatic rings. The molecule has 2 aliphatic carbocycles. The van der Waals surface area contributed by atoms with Crippen molar-refractivity contribution >= 4 is 17.4 Å². The number of aliphatic hydroxyl groups is 1. The number of hydrogen-bond acceptors (Lipinski definition) is 5. The van der Waals surface area contributed by atoms with E-state index in [0.717, 1.165) is 38.5 Å². The summed E-state index contributed by atoms with van der Waals surface area (Å²) in [6.07, 6.45) is 5.28. The van der Waals surface area contributed by atoms with Crippen LogP contribution in [0.1, 0.15) is 38.5 Å². The first kappa shape index (κ1) is 16.5.